The van der Waals surface area contributed by atoms with Crippen molar-refractivity contribution >= 4 is 22.8 Å². The lowest BCUT2D eigenvalue weighted by Gasteiger charge is -2.31. The van der Waals surface area contributed by atoms with Crippen LogP contribution in [0.3, 0.4) is 0 Å². The Hall–Kier alpha value is -3.36. The van der Waals surface area contributed by atoms with E-state index in [0.717, 1.165) is 41.1 Å². The number of pyridine rings is 1. The molecule has 5 rings (SSSR count). The van der Waals surface area contributed by atoms with Crippen LogP contribution in [-0.4, -0.2) is 38.0 Å². The summed E-state index contributed by atoms with van der Waals surface area (Å²) in [5, 5.41) is 10.3. The highest BCUT2D eigenvalue weighted by molar-refractivity contribution is 5.87. The molecule has 2 aromatic heterocycles. The minimum Gasteiger partial charge on any atom is -0.481 e. The maximum Gasteiger partial charge on any atom is 0.433 e. The molecule has 0 spiro atoms. The van der Waals surface area contributed by atoms with Crippen molar-refractivity contribution in [3.8, 4) is 0 Å². The maximum absolute atomic E-state index is 13.2. The van der Waals surface area contributed by atoms with Crippen molar-refractivity contribution < 1.29 is 27.9 Å². The van der Waals surface area contributed by atoms with Gasteiger partial charge in [0, 0.05) is 42.3 Å². The fourth-order valence-corrected chi connectivity index (χ4v) is 5.69. The van der Waals surface area contributed by atoms with E-state index in [1.807, 2.05) is 33.7 Å². The van der Waals surface area contributed by atoms with Crippen LogP contribution in [0.2, 0.25) is 0 Å². The van der Waals surface area contributed by atoms with Crippen molar-refractivity contribution in [3.05, 3.63) is 65.1 Å². The number of carboxylic acid groups (broad SMARTS) is 1. The third kappa shape index (κ3) is 4.83. The van der Waals surface area contributed by atoms with E-state index in [0.29, 0.717) is 44.3 Å². The van der Waals surface area contributed by atoms with Crippen molar-refractivity contribution in [2.75, 3.05) is 6.54 Å². The molecule has 2 aliphatic rings. The van der Waals surface area contributed by atoms with Crippen LogP contribution in [0.15, 0.2) is 42.6 Å². The van der Waals surface area contributed by atoms with Gasteiger partial charge in [-0.25, -0.2) is 0 Å². The monoisotopic (exact) mass is 499 g/mol. The van der Waals surface area contributed by atoms with E-state index in [-0.39, 0.29) is 24.3 Å². The molecular formula is C27H28F3N3O3. The first-order valence-electron chi connectivity index (χ1n) is 12.3. The average Bonchev–Trinajstić information content (AvgIpc) is 3.17. The highest BCUT2D eigenvalue weighted by Gasteiger charge is 2.33. The molecule has 1 N–H and O–H groups in total. The Balaban J connectivity index is 1.37. The first kappa shape index (κ1) is 24.3. The number of benzene rings is 1. The van der Waals surface area contributed by atoms with Gasteiger partial charge in [-0.1, -0.05) is 18.2 Å². The van der Waals surface area contributed by atoms with E-state index in [1.165, 1.54) is 6.20 Å². The molecule has 1 fully saturated rings. The molecule has 0 unspecified atom stereocenters. The molecule has 1 aliphatic heterocycles. The van der Waals surface area contributed by atoms with Gasteiger partial charge < -0.3 is 14.6 Å². The highest BCUT2D eigenvalue weighted by atomic mass is 19.4. The number of carbonyl (C=O) groups is 2. The summed E-state index contributed by atoms with van der Waals surface area (Å²) in [5.41, 5.74) is 2.62. The molecule has 0 bridgehead atoms. The Kier molecular flexibility index (Phi) is 6.49. The predicted octanol–water partition coefficient (Wildman–Crippen LogP) is 5.27. The SMILES string of the molecule is O=C(O)C1CCC(CC(=O)N2CCc3c(n(Cc4ccnc(C(F)(F)F)c4)c4ccccc34)C2)CC1. The molecule has 36 heavy (non-hydrogen) atoms. The molecule has 6 nitrogen and oxygen atoms in total. The highest BCUT2D eigenvalue weighted by Crippen LogP contribution is 2.35. The Labute approximate surface area is 206 Å². The number of nitrogens with zero attached hydrogens (tertiary/aromatic N) is 3. The second kappa shape index (κ2) is 9.59. The van der Waals surface area contributed by atoms with E-state index in [1.54, 1.807) is 6.07 Å². The van der Waals surface area contributed by atoms with Crippen molar-refractivity contribution in [1.82, 2.24) is 14.5 Å². The van der Waals surface area contributed by atoms with Crippen LogP contribution in [-0.2, 0) is 35.3 Å². The van der Waals surface area contributed by atoms with E-state index in [2.05, 4.69) is 4.98 Å². The predicted molar refractivity (Wildman–Crippen MR) is 127 cm³/mol. The minimum absolute atomic E-state index is 0.0551. The van der Waals surface area contributed by atoms with Crippen LogP contribution >= 0.6 is 0 Å². The van der Waals surface area contributed by atoms with E-state index in [4.69, 9.17) is 0 Å². The second-order valence-electron chi connectivity index (χ2n) is 9.90. The summed E-state index contributed by atoms with van der Waals surface area (Å²) < 4.78 is 41.7. The van der Waals surface area contributed by atoms with Gasteiger partial charge in [-0.2, -0.15) is 13.2 Å². The number of amides is 1. The first-order valence-corrected chi connectivity index (χ1v) is 12.3. The fraction of sp³-hybridized carbons (Fsp3) is 0.444. The van der Waals surface area contributed by atoms with Gasteiger partial charge in [0.15, 0.2) is 0 Å². The van der Waals surface area contributed by atoms with Crippen LogP contribution in [0.4, 0.5) is 13.2 Å². The Bertz CT molecular complexity index is 1290. The van der Waals surface area contributed by atoms with E-state index in [9.17, 15) is 27.9 Å². The minimum atomic E-state index is -4.51. The number of hydrogen-bond donors (Lipinski definition) is 1. The molecule has 0 saturated heterocycles. The smallest absolute Gasteiger partial charge is 0.433 e. The van der Waals surface area contributed by atoms with Crippen LogP contribution in [0.5, 0.6) is 0 Å². The zero-order valence-electron chi connectivity index (χ0n) is 19.8. The topological polar surface area (TPSA) is 75.4 Å². The van der Waals surface area contributed by atoms with Gasteiger partial charge >= 0.3 is 12.1 Å². The molecule has 1 saturated carbocycles. The lowest BCUT2D eigenvalue weighted by molar-refractivity contribution is -0.143. The van der Waals surface area contributed by atoms with Gasteiger partial charge in [0.1, 0.15) is 5.69 Å². The third-order valence-electron chi connectivity index (χ3n) is 7.63. The van der Waals surface area contributed by atoms with Gasteiger partial charge in [-0.05, 0) is 67.3 Å². The number of halogens is 3. The fourth-order valence-electron chi connectivity index (χ4n) is 5.69. The average molecular weight is 500 g/mol. The molecule has 190 valence electrons. The zero-order valence-corrected chi connectivity index (χ0v) is 19.8. The third-order valence-corrected chi connectivity index (χ3v) is 7.63. The number of carboxylic acids is 1. The molecule has 1 aromatic carbocycles. The van der Waals surface area contributed by atoms with Gasteiger partial charge in [-0.3, -0.25) is 14.6 Å². The number of carbonyl (C=O) groups excluding carboxylic acids is 1. The van der Waals surface area contributed by atoms with E-state index < -0.39 is 17.8 Å². The molecule has 3 aromatic rings. The summed E-state index contributed by atoms with van der Waals surface area (Å²) in [6.45, 7) is 1.25. The van der Waals surface area contributed by atoms with Crippen LogP contribution < -0.4 is 0 Å². The summed E-state index contributed by atoms with van der Waals surface area (Å²) in [6.07, 6.45) is 0.463. The number of alkyl halides is 3. The van der Waals surface area contributed by atoms with Gasteiger partial charge in [0.05, 0.1) is 12.5 Å². The summed E-state index contributed by atoms with van der Waals surface area (Å²) in [5.74, 6) is -0.819. The number of rotatable bonds is 5. The quantitative estimate of drug-likeness (QED) is 0.519. The number of para-hydroxylation sites is 1. The lowest BCUT2D eigenvalue weighted by atomic mass is 9.80. The molecule has 0 atom stereocenters. The summed E-state index contributed by atoms with van der Waals surface area (Å²) in [7, 11) is 0. The summed E-state index contributed by atoms with van der Waals surface area (Å²) in [4.78, 5) is 29.7. The number of fused-ring (bicyclic) bond motifs is 3. The number of aliphatic carboxylic acids is 1. The van der Waals surface area contributed by atoms with Crippen molar-refractivity contribution in [3.63, 3.8) is 0 Å². The van der Waals surface area contributed by atoms with Crippen molar-refractivity contribution in [1.29, 1.82) is 0 Å². The standard InChI is InChI=1S/C27H28F3N3O3/c28-27(29,30)24-13-18(9-11-31-24)15-33-22-4-2-1-3-20(22)21-10-12-32(16-23(21)33)25(34)14-17-5-7-19(8-6-17)26(35)36/h1-4,9,11,13,17,19H,5-8,10,12,14-16H2,(H,35,36). The molecule has 1 amide bonds. The summed E-state index contributed by atoms with van der Waals surface area (Å²) >= 11 is 0. The van der Waals surface area contributed by atoms with Gasteiger partial charge in [0.2, 0.25) is 5.91 Å². The van der Waals surface area contributed by atoms with Gasteiger partial charge in [-0.15, -0.1) is 0 Å². The molecular weight excluding hydrogens is 471 g/mol. The molecule has 9 heteroatoms. The lowest BCUT2D eigenvalue weighted by Crippen LogP contribution is -2.38. The number of aromatic nitrogens is 2. The molecule has 1 aliphatic carbocycles. The van der Waals surface area contributed by atoms with Crippen LogP contribution in [0.25, 0.3) is 10.9 Å². The maximum atomic E-state index is 13.2. The summed E-state index contributed by atoms with van der Waals surface area (Å²) in [6, 6.07) is 10.5. The normalized spacial score (nSPS) is 20.4. The van der Waals surface area contributed by atoms with E-state index >= 15 is 0 Å². The Morgan fingerprint density at radius 3 is 2.56 bits per heavy atom. The van der Waals surface area contributed by atoms with Crippen molar-refractivity contribution in [2.24, 2.45) is 11.8 Å². The zero-order chi connectivity index (χ0) is 25.4. The second-order valence-corrected chi connectivity index (χ2v) is 9.90. The number of hydrogen-bond acceptors (Lipinski definition) is 3. The Morgan fingerprint density at radius 2 is 1.83 bits per heavy atom. The van der Waals surface area contributed by atoms with Crippen LogP contribution in [0.1, 0.15) is 54.6 Å². The Morgan fingerprint density at radius 1 is 1.08 bits per heavy atom. The van der Waals surface area contributed by atoms with Gasteiger partial charge in [0.25, 0.3) is 0 Å². The first-order chi connectivity index (χ1) is 17.2. The van der Waals surface area contributed by atoms with Crippen molar-refractivity contribution in [2.45, 2.75) is 57.8 Å². The largest absolute Gasteiger partial charge is 0.481 e. The molecule has 0 radical (unpaired) electrons. The van der Waals surface area contributed by atoms with Crippen LogP contribution in [0, 0.1) is 11.8 Å². The molecule has 3 heterocycles.